The number of piperidine rings is 1. The van der Waals surface area contributed by atoms with Crippen molar-refractivity contribution >= 4 is 19.1 Å². The van der Waals surface area contributed by atoms with E-state index >= 15 is 0 Å². The van der Waals surface area contributed by atoms with E-state index in [0.29, 0.717) is 25.9 Å². The van der Waals surface area contributed by atoms with Crippen LogP contribution in [0.2, 0.25) is 0 Å². The van der Waals surface area contributed by atoms with E-state index in [1.165, 1.54) is 0 Å². The summed E-state index contributed by atoms with van der Waals surface area (Å²) in [6, 6.07) is 10.7. The molecule has 200 valence electrons. The number of alkyl carbamates (subject to hydrolysis) is 1. The van der Waals surface area contributed by atoms with Crippen LogP contribution in [0.1, 0.15) is 45.1 Å². The minimum Gasteiger partial charge on any atom is -0.447 e. The second-order valence-electron chi connectivity index (χ2n) is 10.3. The third-order valence-corrected chi connectivity index (χ3v) is 7.05. The van der Waals surface area contributed by atoms with E-state index in [9.17, 15) is 29.3 Å². The lowest BCUT2D eigenvalue weighted by atomic mass is 9.76. The van der Waals surface area contributed by atoms with Crippen molar-refractivity contribution in [2.45, 2.75) is 69.6 Å². The molecule has 37 heavy (non-hydrogen) atoms. The average Bonchev–Trinajstić information content (AvgIpc) is 3.33. The van der Waals surface area contributed by atoms with Crippen molar-refractivity contribution in [3.05, 3.63) is 47.5 Å². The largest absolute Gasteiger partial charge is 0.475 e. The maximum atomic E-state index is 13.7. The molecule has 3 atom stereocenters. The van der Waals surface area contributed by atoms with Crippen LogP contribution in [-0.2, 0) is 16.0 Å². The van der Waals surface area contributed by atoms with Crippen molar-refractivity contribution in [1.82, 2.24) is 15.1 Å². The van der Waals surface area contributed by atoms with Crippen LogP contribution in [-0.4, -0.2) is 88.9 Å². The fraction of sp³-hybridized carbons (Fsp3) is 0.577. The van der Waals surface area contributed by atoms with Crippen molar-refractivity contribution in [1.29, 1.82) is 5.26 Å². The summed E-state index contributed by atoms with van der Waals surface area (Å²) in [7, 11) is -1.78. The van der Waals surface area contributed by atoms with Gasteiger partial charge in [0.1, 0.15) is 24.4 Å². The van der Waals surface area contributed by atoms with Crippen molar-refractivity contribution in [2.24, 2.45) is 0 Å². The van der Waals surface area contributed by atoms with Crippen molar-refractivity contribution < 1.29 is 28.8 Å². The zero-order valence-corrected chi connectivity index (χ0v) is 21.5. The number of benzene rings is 1. The lowest BCUT2D eigenvalue weighted by Gasteiger charge is -2.36. The van der Waals surface area contributed by atoms with Gasteiger partial charge in [-0.15, -0.1) is 0 Å². The first-order chi connectivity index (χ1) is 17.6. The molecule has 0 aliphatic carbocycles. The molecule has 0 unspecified atom stereocenters. The van der Waals surface area contributed by atoms with E-state index in [0.717, 1.165) is 18.4 Å². The van der Waals surface area contributed by atoms with Gasteiger partial charge < -0.3 is 25.0 Å². The van der Waals surface area contributed by atoms with E-state index in [4.69, 9.17) is 4.74 Å². The van der Waals surface area contributed by atoms with Crippen LogP contribution < -0.4 is 5.32 Å². The average molecular weight is 514 g/mol. The van der Waals surface area contributed by atoms with Gasteiger partial charge >= 0.3 is 13.2 Å². The smallest absolute Gasteiger partial charge is 0.447 e. The van der Waals surface area contributed by atoms with Crippen LogP contribution in [0.3, 0.4) is 0 Å². The minimum absolute atomic E-state index is 0.0185. The van der Waals surface area contributed by atoms with Gasteiger partial charge in [0.15, 0.2) is 0 Å². The Hall–Kier alpha value is -2.94. The highest BCUT2D eigenvalue weighted by molar-refractivity contribution is 6.43. The summed E-state index contributed by atoms with van der Waals surface area (Å²) < 4.78 is 19.1. The third-order valence-electron chi connectivity index (χ3n) is 7.05. The maximum Gasteiger partial charge on any atom is 0.475 e. The first-order valence-electron chi connectivity index (χ1n) is 12.8. The van der Waals surface area contributed by atoms with Gasteiger partial charge in [-0.3, -0.25) is 9.69 Å². The molecule has 11 heteroatoms. The number of nitrogens with one attached hydrogen (secondary N) is 1. The monoisotopic (exact) mass is 514 g/mol. The van der Waals surface area contributed by atoms with Gasteiger partial charge in [-0.2, -0.15) is 5.26 Å². The Morgan fingerprint density at radius 1 is 1.27 bits per heavy atom. The number of hydrogen-bond acceptors (Lipinski definition) is 7. The Balaban J connectivity index is 1.62. The molecule has 3 rings (SSSR count). The quantitative estimate of drug-likeness (QED) is 0.261. The number of carbonyl (C=O) groups is 2. The second kappa shape index (κ2) is 13.0. The SMILES string of the molecule is CC(C)(/C=C(\C#N)C(=O)N1CCCC[C@@H]1COC(=O)N[C@@H](Cc1ccccc1)B(O)O)N1CC[C@@H](F)C1. The highest BCUT2D eigenvalue weighted by Gasteiger charge is 2.35. The highest BCUT2D eigenvalue weighted by atomic mass is 19.1. The van der Waals surface area contributed by atoms with Crippen molar-refractivity contribution in [3.63, 3.8) is 0 Å². The van der Waals surface area contributed by atoms with Gasteiger partial charge in [0.2, 0.25) is 0 Å². The fourth-order valence-corrected chi connectivity index (χ4v) is 4.89. The van der Waals surface area contributed by atoms with Gasteiger partial charge in [-0.1, -0.05) is 30.3 Å². The summed E-state index contributed by atoms with van der Waals surface area (Å²) in [6.07, 6.45) is 2.71. The number of ether oxygens (including phenoxy) is 1. The number of halogens is 1. The molecule has 3 N–H and O–H groups in total. The Morgan fingerprint density at radius 3 is 2.62 bits per heavy atom. The third kappa shape index (κ3) is 8.02. The van der Waals surface area contributed by atoms with Crippen LogP contribution in [0.25, 0.3) is 0 Å². The highest BCUT2D eigenvalue weighted by Crippen LogP contribution is 2.26. The Morgan fingerprint density at radius 2 is 2.00 bits per heavy atom. The summed E-state index contributed by atoms with van der Waals surface area (Å²) in [5.74, 6) is -1.41. The molecular weight excluding hydrogens is 478 g/mol. The fourth-order valence-electron chi connectivity index (χ4n) is 4.89. The lowest BCUT2D eigenvalue weighted by molar-refractivity contribution is -0.131. The van der Waals surface area contributed by atoms with Gasteiger partial charge in [-0.25, -0.2) is 9.18 Å². The Bertz CT molecular complexity index is 1000. The van der Waals surface area contributed by atoms with Gasteiger partial charge in [-0.05, 0) is 57.6 Å². The van der Waals surface area contributed by atoms with Gasteiger partial charge in [0, 0.05) is 25.2 Å². The van der Waals surface area contributed by atoms with E-state index in [2.05, 4.69) is 5.32 Å². The second-order valence-corrected chi connectivity index (χ2v) is 10.3. The molecule has 2 aliphatic rings. The molecule has 9 nitrogen and oxygen atoms in total. The van der Waals surface area contributed by atoms with Crippen LogP contribution in [0.15, 0.2) is 42.0 Å². The molecule has 0 spiro atoms. The van der Waals surface area contributed by atoms with Crippen LogP contribution in [0, 0.1) is 11.3 Å². The predicted octanol–water partition coefficient (Wildman–Crippen LogP) is 1.99. The molecule has 2 fully saturated rings. The molecular formula is C26H36BFN4O5. The van der Waals surface area contributed by atoms with Gasteiger partial charge in [0.25, 0.3) is 5.91 Å². The Kier molecular flexibility index (Phi) is 10.1. The molecule has 0 radical (unpaired) electrons. The normalized spacial score (nSPS) is 21.7. The summed E-state index contributed by atoms with van der Waals surface area (Å²) in [5, 5.41) is 31.6. The zero-order chi connectivity index (χ0) is 27.0. The molecule has 1 aromatic carbocycles. The van der Waals surface area contributed by atoms with E-state index < -0.39 is 42.8 Å². The number of hydrogen-bond donors (Lipinski definition) is 3. The van der Waals surface area contributed by atoms with Crippen LogP contribution >= 0.6 is 0 Å². The zero-order valence-electron chi connectivity index (χ0n) is 21.5. The summed E-state index contributed by atoms with van der Waals surface area (Å²) in [4.78, 5) is 29.3. The van der Waals surface area contributed by atoms with Crippen LogP contribution in [0.4, 0.5) is 9.18 Å². The molecule has 2 heterocycles. The first-order valence-corrected chi connectivity index (χ1v) is 12.8. The number of amides is 2. The lowest BCUT2D eigenvalue weighted by Crippen LogP contribution is -2.50. The van der Waals surface area contributed by atoms with Crippen molar-refractivity contribution in [3.8, 4) is 6.07 Å². The number of carbonyl (C=O) groups excluding carboxylic acids is 2. The first kappa shape index (κ1) is 28.6. The molecule has 0 saturated carbocycles. The molecule has 0 bridgehead atoms. The molecule has 2 saturated heterocycles. The standard InChI is InChI=1S/C26H36BFN4O5/c1-26(2,31-13-11-21(28)17-31)15-20(16-29)24(33)32-12-7-6-10-22(32)18-37-25(34)30-23(27(35)36)14-19-8-4-3-5-9-19/h3-5,8-9,15,21-23,35-36H,6-7,10-14,17-18H2,1-2H3,(H,30,34)/b20-15+/t21-,22-,23+/m1/s1. The van der Waals surface area contributed by atoms with E-state index in [-0.39, 0.29) is 25.1 Å². The topological polar surface area (TPSA) is 126 Å². The van der Waals surface area contributed by atoms with Gasteiger partial charge in [0.05, 0.1) is 12.0 Å². The summed E-state index contributed by atoms with van der Waals surface area (Å²) in [5.41, 5.74) is 0.136. The number of nitriles is 1. The number of rotatable bonds is 9. The molecule has 0 aromatic heterocycles. The van der Waals surface area contributed by atoms with E-state index in [1.54, 1.807) is 11.0 Å². The molecule has 2 amide bonds. The molecule has 1 aromatic rings. The van der Waals surface area contributed by atoms with Crippen LogP contribution in [0.5, 0.6) is 0 Å². The minimum atomic E-state index is -1.78. The predicted molar refractivity (Wildman–Crippen MR) is 137 cm³/mol. The number of nitrogens with zero attached hydrogens (tertiary/aromatic N) is 3. The summed E-state index contributed by atoms with van der Waals surface area (Å²) in [6.45, 7) is 4.88. The molecule has 2 aliphatic heterocycles. The van der Waals surface area contributed by atoms with Crippen molar-refractivity contribution in [2.75, 3.05) is 26.2 Å². The maximum absolute atomic E-state index is 13.7. The summed E-state index contributed by atoms with van der Waals surface area (Å²) >= 11 is 0. The number of likely N-dealkylation sites (tertiary alicyclic amines) is 2. The number of alkyl halides is 1. The van der Waals surface area contributed by atoms with E-state index in [1.807, 2.05) is 55.1 Å². The Labute approximate surface area is 218 Å².